The van der Waals surface area contributed by atoms with E-state index in [-0.39, 0.29) is 11.5 Å². The molecule has 7 heteroatoms. The van der Waals surface area contributed by atoms with Crippen molar-refractivity contribution in [2.24, 2.45) is 0 Å². The van der Waals surface area contributed by atoms with E-state index in [1.807, 2.05) is 62.4 Å². The van der Waals surface area contributed by atoms with Crippen LogP contribution in [0.4, 0.5) is 5.69 Å². The maximum atomic E-state index is 12.8. The number of aromatic nitrogens is 3. The Morgan fingerprint density at radius 2 is 1.83 bits per heavy atom. The SMILES string of the molecule is CCn1c(S[C@@H](C)C(=O)Nc2cccc3ncccc23)nc2ccccc2c1=O. The Labute approximate surface area is 172 Å². The smallest absolute Gasteiger partial charge is 0.262 e. The van der Waals surface area contributed by atoms with Gasteiger partial charge in [-0.25, -0.2) is 4.98 Å². The van der Waals surface area contributed by atoms with Crippen LogP contribution in [0, 0.1) is 0 Å². The molecule has 4 aromatic rings. The van der Waals surface area contributed by atoms with Crippen LogP contribution < -0.4 is 10.9 Å². The maximum absolute atomic E-state index is 12.8. The number of rotatable bonds is 5. The highest BCUT2D eigenvalue weighted by atomic mass is 32.2. The number of hydrogen-bond donors (Lipinski definition) is 1. The first-order valence-electron chi connectivity index (χ1n) is 9.39. The predicted octanol–water partition coefficient (Wildman–Crippen LogP) is 4.08. The summed E-state index contributed by atoms with van der Waals surface area (Å²) in [6.07, 6.45) is 1.72. The monoisotopic (exact) mass is 404 g/mol. The van der Waals surface area contributed by atoms with Crippen LogP contribution in [0.1, 0.15) is 13.8 Å². The molecule has 0 aliphatic carbocycles. The van der Waals surface area contributed by atoms with Crippen LogP contribution in [-0.2, 0) is 11.3 Å². The molecule has 1 atom stereocenters. The first-order valence-corrected chi connectivity index (χ1v) is 10.3. The van der Waals surface area contributed by atoms with Gasteiger partial charge in [0.15, 0.2) is 5.16 Å². The molecular formula is C22H20N4O2S. The van der Waals surface area contributed by atoms with E-state index in [0.717, 1.165) is 10.9 Å². The van der Waals surface area contributed by atoms with E-state index in [9.17, 15) is 9.59 Å². The van der Waals surface area contributed by atoms with Crippen molar-refractivity contribution < 1.29 is 4.79 Å². The van der Waals surface area contributed by atoms with E-state index in [1.165, 1.54) is 11.8 Å². The lowest BCUT2D eigenvalue weighted by Gasteiger charge is -2.16. The molecule has 4 rings (SSSR count). The van der Waals surface area contributed by atoms with Gasteiger partial charge in [0, 0.05) is 18.1 Å². The van der Waals surface area contributed by atoms with Gasteiger partial charge in [-0.15, -0.1) is 0 Å². The zero-order valence-electron chi connectivity index (χ0n) is 16.1. The predicted molar refractivity (Wildman–Crippen MR) is 117 cm³/mol. The molecule has 0 aliphatic heterocycles. The largest absolute Gasteiger partial charge is 0.324 e. The molecule has 1 N–H and O–H groups in total. The summed E-state index contributed by atoms with van der Waals surface area (Å²) in [5.41, 5.74) is 2.08. The fourth-order valence-electron chi connectivity index (χ4n) is 3.17. The Balaban J connectivity index is 1.61. The number of carbonyl (C=O) groups is 1. The number of amides is 1. The van der Waals surface area contributed by atoms with Gasteiger partial charge in [0.25, 0.3) is 5.56 Å². The Hall–Kier alpha value is -3.19. The molecule has 0 aliphatic rings. The van der Waals surface area contributed by atoms with Gasteiger partial charge >= 0.3 is 0 Å². The van der Waals surface area contributed by atoms with E-state index >= 15 is 0 Å². The number of benzene rings is 2. The van der Waals surface area contributed by atoms with E-state index in [2.05, 4.69) is 15.3 Å². The lowest BCUT2D eigenvalue weighted by Crippen LogP contribution is -2.26. The minimum Gasteiger partial charge on any atom is -0.324 e. The minimum absolute atomic E-state index is 0.0895. The van der Waals surface area contributed by atoms with E-state index in [0.29, 0.717) is 28.3 Å². The highest BCUT2D eigenvalue weighted by Crippen LogP contribution is 2.26. The number of nitrogens with one attached hydrogen (secondary N) is 1. The molecule has 0 saturated heterocycles. The Kier molecular flexibility index (Phi) is 5.31. The Morgan fingerprint density at radius 1 is 1.07 bits per heavy atom. The molecule has 2 aromatic carbocycles. The zero-order chi connectivity index (χ0) is 20.4. The van der Waals surface area contributed by atoms with Crippen LogP contribution in [-0.4, -0.2) is 25.7 Å². The number of fused-ring (bicyclic) bond motifs is 2. The molecule has 2 aromatic heterocycles. The summed E-state index contributed by atoms with van der Waals surface area (Å²) in [7, 11) is 0. The van der Waals surface area contributed by atoms with Crippen LogP contribution >= 0.6 is 11.8 Å². The number of carbonyl (C=O) groups excluding carboxylic acids is 1. The van der Waals surface area contributed by atoms with Crippen molar-refractivity contribution in [1.29, 1.82) is 0 Å². The average molecular weight is 404 g/mol. The number of pyridine rings is 1. The number of para-hydroxylation sites is 1. The van der Waals surface area contributed by atoms with Crippen molar-refractivity contribution >= 4 is 45.2 Å². The molecule has 0 bridgehead atoms. The summed E-state index contributed by atoms with van der Waals surface area (Å²) in [4.78, 5) is 34.6. The Morgan fingerprint density at radius 3 is 2.66 bits per heavy atom. The molecule has 0 saturated carbocycles. The molecular weight excluding hydrogens is 384 g/mol. The van der Waals surface area contributed by atoms with Gasteiger partial charge in [0.1, 0.15) is 0 Å². The van der Waals surface area contributed by atoms with Crippen LogP contribution in [0.2, 0.25) is 0 Å². The quantitative estimate of drug-likeness (QED) is 0.401. The Bertz CT molecular complexity index is 1260. The fraction of sp³-hybridized carbons (Fsp3) is 0.182. The molecule has 2 heterocycles. The summed E-state index contributed by atoms with van der Waals surface area (Å²) in [5.74, 6) is -0.156. The van der Waals surface area contributed by atoms with Crippen molar-refractivity contribution in [3.05, 3.63) is 71.1 Å². The van der Waals surface area contributed by atoms with Gasteiger partial charge in [0.05, 0.1) is 27.4 Å². The van der Waals surface area contributed by atoms with Crippen molar-refractivity contribution in [2.45, 2.75) is 30.8 Å². The molecule has 0 unspecified atom stereocenters. The highest BCUT2D eigenvalue weighted by molar-refractivity contribution is 8.00. The topological polar surface area (TPSA) is 76.9 Å². The second-order valence-corrected chi connectivity index (χ2v) is 7.89. The van der Waals surface area contributed by atoms with E-state index in [1.54, 1.807) is 16.8 Å². The van der Waals surface area contributed by atoms with Gasteiger partial charge in [-0.1, -0.05) is 30.0 Å². The average Bonchev–Trinajstić information content (AvgIpc) is 2.74. The third-order valence-electron chi connectivity index (χ3n) is 4.70. The second-order valence-electron chi connectivity index (χ2n) is 6.59. The highest BCUT2D eigenvalue weighted by Gasteiger charge is 2.19. The number of anilines is 1. The first kappa shape index (κ1) is 19.1. The van der Waals surface area contributed by atoms with Crippen LogP contribution in [0.15, 0.2) is 70.7 Å². The molecule has 0 spiro atoms. The summed E-state index contributed by atoms with van der Waals surface area (Å²) < 4.78 is 1.61. The molecule has 0 radical (unpaired) electrons. The third kappa shape index (κ3) is 3.73. The zero-order valence-corrected chi connectivity index (χ0v) is 16.9. The van der Waals surface area contributed by atoms with Gasteiger partial charge in [-0.2, -0.15) is 0 Å². The minimum atomic E-state index is -0.437. The van der Waals surface area contributed by atoms with E-state index < -0.39 is 5.25 Å². The van der Waals surface area contributed by atoms with Crippen molar-refractivity contribution in [1.82, 2.24) is 14.5 Å². The number of thioether (sulfide) groups is 1. The van der Waals surface area contributed by atoms with Gasteiger partial charge < -0.3 is 5.32 Å². The van der Waals surface area contributed by atoms with Crippen molar-refractivity contribution in [2.75, 3.05) is 5.32 Å². The molecule has 1 amide bonds. The summed E-state index contributed by atoms with van der Waals surface area (Å²) in [6, 6.07) is 16.7. The molecule has 0 fully saturated rings. The van der Waals surface area contributed by atoms with Crippen LogP contribution in [0.3, 0.4) is 0 Å². The summed E-state index contributed by atoms with van der Waals surface area (Å²) in [6.45, 7) is 4.20. The normalized spacial score (nSPS) is 12.2. The standard InChI is InChI=1S/C22H20N4O2S/c1-3-26-21(28)16-8-4-5-10-19(16)25-22(26)29-14(2)20(27)24-18-12-6-11-17-15(18)9-7-13-23-17/h4-14H,3H2,1-2H3,(H,24,27)/t14-/m0/s1. The molecule has 146 valence electrons. The van der Waals surface area contributed by atoms with Gasteiger partial charge in [0.2, 0.25) is 5.91 Å². The van der Waals surface area contributed by atoms with Gasteiger partial charge in [-0.3, -0.25) is 19.1 Å². The summed E-state index contributed by atoms with van der Waals surface area (Å²) in [5, 5.41) is 4.55. The van der Waals surface area contributed by atoms with Crippen molar-refractivity contribution in [3.8, 4) is 0 Å². The lowest BCUT2D eigenvalue weighted by molar-refractivity contribution is -0.115. The molecule has 6 nitrogen and oxygen atoms in total. The van der Waals surface area contributed by atoms with E-state index in [4.69, 9.17) is 0 Å². The lowest BCUT2D eigenvalue weighted by atomic mass is 10.2. The maximum Gasteiger partial charge on any atom is 0.262 e. The van der Waals surface area contributed by atoms with Gasteiger partial charge in [-0.05, 0) is 50.2 Å². The summed E-state index contributed by atoms with van der Waals surface area (Å²) >= 11 is 1.28. The van der Waals surface area contributed by atoms with Crippen molar-refractivity contribution in [3.63, 3.8) is 0 Å². The second kappa shape index (κ2) is 8.05. The number of nitrogens with zero attached hydrogens (tertiary/aromatic N) is 3. The molecule has 29 heavy (non-hydrogen) atoms. The first-order chi connectivity index (χ1) is 14.1. The third-order valence-corrected chi connectivity index (χ3v) is 5.79. The fourth-order valence-corrected chi connectivity index (χ4v) is 4.15. The van der Waals surface area contributed by atoms with Crippen LogP contribution in [0.5, 0.6) is 0 Å². The van der Waals surface area contributed by atoms with Crippen LogP contribution in [0.25, 0.3) is 21.8 Å². The number of hydrogen-bond acceptors (Lipinski definition) is 5.